The first-order valence-corrected chi connectivity index (χ1v) is 3.24. The molecule has 5 nitrogen and oxygen atoms in total. The molecule has 11 heavy (non-hydrogen) atoms. The van der Waals surface area contributed by atoms with Gasteiger partial charge in [0.1, 0.15) is 13.2 Å². The van der Waals surface area contributed by atoms with Crippen LogP contribution >= 0.6 is 0 Å². The number of carbonyl (C=O) groups excluding carboxylic acids is 2. The predicted octanol–water partition coefficient (Wildman–Crippen LogP) is 0.0349. The molecule has 0 aliphatic rings. The second-order valence-corrected chi connectivity index (χ2v) is 1.74. The van der Waals surface area contributed by atoms with Crippen LogP contribution in [0.2, 0.25) is 0 Å². The number of nitrogens with two attached hydrogens (primary N) is 1. The van der Waals surface area contributed by atoms with Gasteiger partial charge < -0.3 is 15.2 Å². The number of ether oxygens (including phenoxy) is 2. The predicted molar refractivity (Wildman–Crippen MR) is 36.8 cm³/mol. The molecule has 0 atom stereocenters. The number of rotatable bonds is 4. The van der Waals surface area contributed by atoms with Gasteiger partial charge in [-0.3, -0.25) is 4.79 Å². The van der Waals surface area contributed by atoms with Crippen LogP contribution in [0.4, 0.5) is 4.79 Å². The molecule has 0 rings (SSSR count). The standard InChI is InChI=1S/C6H11NO4/c1-2-5(8)10-3-4-11-6(7)9/h2-4H2,1H3,(H2,7,9). The van der Waals surface area contributed by atoms with Gasteiger partial charge in [0.2, 0.25) is 0 Å². The maximum atomic E-state index is 10.5. The van der Waals surface area contributed by atoms with Crippen molar-refractivity contribution in [3.05, 3.63) is 0 Å². The first-order chi connectivity index (χ1) is 5.16. The van der Waals surface area contributed by atoms with E-state index in [1.165, 1.54) is 0 Å². The van der Waals surface area contributed by atoms with E-state index in [9.17, 15) is 9.59 Å². The van der Waals surface area contributed by atoms with Gasteiger partial charge in [-0.1, -0.05) is 6.92 Å². The lowest BCUT2D eigenvalue weighted by Gasteiger charge is -2.01. The molecule has 0 heterocycles. The molecule has 1 amide bonds. The third-order valence-electron chi connectivity index (χ3n) is 0.879. The lowest BCUT2D eigenvalue weighted by molar-refractivity contribution is -0.144. The number of hydrogen-bond acceptors (Lipinski definition) is 4. The van der Waals surface area contributed by atoms with Gasteiger partial charge in [-0.2, -0.15) is 0 Å². The largest absolute Gasteiger partial charge is 0.462 e. The number of carbonyl (C=O) groups is 2. The molecule has 64 valence electrons. The fraction of sp³-hybridized carbons (Fsp3) is 0.667. The number of esters is 1. The monoisotopic (exact) mass is 161 g/mol. The van der Waals surface area contributed by atoms with Crippen molar-refractivity contribution in [1.29, 1.82) is 0 Å². The van der Waals surface area contributed by atoms with Crippen LogP contribution in [0.1, 0.15) is 13.3 Å². The quantitative estimate of drug-likeness (QED) is 0.466. The van der Waals surface area contributed by atoms with Crippen molar-refractivity contribution in [3.63, 3.8) is 0 Å². The van der Waals surface area contributed by atoms with Gasteiger partial charge in [-0.05, 0) is 0 Å². The molecule has 0 radical (unpaired) electrons. The summed E-state index contributed by atoms with van der Waals surface area (Å²) in [5.41, 5.74) is 4.64. The number of amides is 1. The molecule has 0 aromatic carbocycles. The summed E-state index contributed by atoms with van der Waals surface area (Å²) >= 11 is 0. The Labute approximate surface area is 64.5 Å². The van der Waals surface area contributed by atoms with Crippen LogP contribution in [0, 0.1) is 0 Å². The fourth-order valence-electron chi connectivity index (χ4n) is 0.400. The average molecular weight is 161 g/mol. The summed E-state index contributed by atoms with van der Waals surface area (Å²) in [5.74, 6) is -0.321. The molecule has 0 spiro atoms. The Balaban J connectivity index is 3.14. The summed E-state index contributed by atoms with van der Waals surface area (Å²) in [4.78, 5) is 20.4. The van der Waals surface area contributed by atoms with Gasteiger partial charge in [0.05, 0.1) is 0 Å². The molecule has 0 unspecified atom stereocenters. The maximum Gasteiger partial charge on any atom is 0.404 e. The van der Waals surface area contributed by atoms with Crippen molar-refractivity contribution < 1.29 is 19.1 Å². The second-order valence-electron chi connectivity index (χ2n) is 1.74. The molecule has 0 aliphatic heterocycles. The van der Waals surface area contributed by atoms with Crippen molar-refractivity contribution in [2.75, 3.05) is 13.2 Å². The van der Waals surface area contributed by atoms with Gasteiger partial charge >= 0.3 is 12.1 Å². The van der Waals surface area contributed by atoms with E-state index >= 15 is 0 Å². The van der Waals surface area contributed by atoms with Crippen molar-refractivity contribution in [2.45, 2.75) is 13.3 Å². The molecule has 0 saturated carbocycles. The summed E-state index contributed by atoms with van der Waals surface area (Å²) in [5, 5.41) is 0. The molecular weight excluding hydrogens is 150 g/mol. The van der Waals surface area contributed by atoms with Crippen LogP contribution < -0.4 is 5.73 Å². The maximum absolute atomic E-state index is 10.5. The van der Waals surface area contributed by atoms with E-state index < -0.39 is 6.09 Å². The summed E-state index contributed by atoms with van der Waals surface area (Å²) < 4.78 is 8.87. The van der Waals surface area contributed by atoms with Gasteiger partial charge in [-0.15, -0.1) is 0 Å². The molecule has 2 N–H and O–H groups in total. The summed E-state index contributed by atoms with van der Waals surface area (Å²) in [6, 6.07) is 0. The van der Waals surface area contributed by atoms with Crippen LogP contribution in [0.5, 0.6) is 0 Å². The zero-order valence-electron chi connectivity index (χ0n) is 6.33. The van der Waals surface area contributed by atoms with Gasteiger partial charge in [0.25, 0.3) is 0 Å². The van der Waals surface area contributed by atoms with E-state index in [4.69, 9.17) is 0 Å². The van der Waals surface area contributed by atoms with E-state index in [-0.39, 0.29) is 19.2 Å². The van der Waals surface area contributed by atoms with E-state index in [0.717, 1.165) is 0 Å². The lowest BCUT2D eigenvalue weighted by atomic mass is 10.5. The van der Waals surface area contributed by atoms with Crippen LogP contribution in [0.3, 0.4) is 0 Å². The van der Waals surface area contributed by atoms with Crippen molar-refractivity contribution in [2.24, 2.45) is 5.73 Å². The second kappa shape index (κ2) is 5.52. The Morgan fingerprint density at radius 2 is 1.82 bits per heavy atom. The Bertz CT molecular complexity index is 146. The van der Waals surface area contributed by atoms with Gasteiger partial charge in [-0.25, -0.2) is 4.79 Å². The van der Waals surface area contributed by atoms with E-state index in [2.05, 4.69) is 15.2 Å². The van der Waals surface area contributed by atoms with E-state index in [0.29, 0.717) is 6.42 Å². The van der Waals surface area contributed by atoms with Crippen LogP contribution in [0.25, 0.3) is 0 Å². The molecule has 5 heteroatoms. The smallest absolute Gasteiger partial charge is 0.404 e. The van der Waals surface area contributed by atoms with Crippen molar-refractivity contribution in [1.82, 2.24) is 0 Å². The van der Waals surface area contributed by atoms with Gasteiger partial charge in [0.15, 0.2) is 0 Å². The highest BCUT2D eigenvalue weighted by Gasteiger charge is 1.98. The Kier molecular flexibility index (Phi) is 4.89. The zero-order valence-corrected chi connectivity index (χ0v) is 6.33. The Hall–Kier alpha value is -1.26. The Morgan fingerprint density at radius 1 is 1.27 bits per heavy atom. The first-order valence-electron chi connectivity index (χ1n) is 3.24. The topological polar surface area (TPSA) is 78.6 Å². The fourth-order valence-corrected chi connectivity index (χ4v) is 0.400. The summed E-state index contributed by atoms with van der Waals surface area (Å²) in [6.07, 6.45) is -0.547. The SMILES string of the molecule is CCC(=O)OCCOC(N)=O. The van der Waals surface area contributed by atoms with Crippen LogP contribution in [-0.2, 0) is 14.3 Å². The zero-order chi connectivity index (χ0) is 8.69. The molecule has 0 aromatic rings. The molecule has 0 bridgehead atoms. The highest BCUT2D eigenvalue weighted by Crippen LogP contribution is 1.84. The third-order valence-corrected chi connectivity index (χ3v) is 0.879. The van der Waals surface area contributed by atoms with Crippen molar-refractivity contribution >= 4 is 12.1 Å². The van der Waals surface area contributed by atoms with Crippen LogP contribution in [-0.4, -0.2) is 25.3 Å². The average Bonchev–Trinajstić information content (AvgIpc) is 1.97. The highest BCUT2D eigenvalue weighted by atomic mass is 16.6. The summed E-state index contributed by atoms with van der Waals surface area (Å²) in [6.45, 7) is 1.76. The number of primary amides is 1. The molecular formula is C6H11NO4. The van der Waals surface area contributed by atoms with Gasteiger partial charge in [0, 0.05) is 6.42 Å². The highest BCUT2D eigenvalue weighted by molar-refractivity contribution is 5.68. The van der Waals surface area contributed by atoms with Crippen molar-refractivity contribution in [3.8, 4) is 0 Å². The normalized spacial score (nSPS) is 8.82. The molecule has 0 aliphatic carbocycles. The third kappa shape index (κ3) is 6.63. The lowest BCUT2D eigenvalue weighted by Crippen LogP contribution is -2.17. The summed E-state index contributed by atoms with van der Waals surface area (Å²) in [7, 11) is 0. The Morgan fingerprint density at radius 3 is 2.27 bits per heavy atom. The minimum atomic E-state index is -0.863. The molecule has 0 aromatic heterocycles. The number of hydrogen-bond donors (Lipinski definition) is 1. The van der Waals surface area contributed by atoms with E-state index in [1.54, 1.807) is 6.92 Å². The van der Waals surface area contributed by atoms with Crippen LogP contribution in [0.15, 0.2) is 0 Å². The minimum Gasteiger partial charge on any atom is -0.462 e. The molecule has 0 fully saturated rings. The minimum absolute atomic E-state index is 0.0150. The molecule has 0 saturated heterocycles. The van der Waals surface area contributed by atoms with E-state index in [1.807, 2.05) is 0 Å². The first kappa shape index (κ1) is 9.74.